The summed E-state index contributed by atoms with van der Waals surface area (Å²) >= 11 is 0. The van der Waals surface area contributed by atoms with Gasteiger partial charge in [-0.1, -0.05) is 38.5 Å². The third-order valence-corrected chi connectivity index (χ3v) is 3.50. The molecule has 0 aliphatic heterocycles. The zero-order chi connectivity index (χ0) is 13.4. The minimum atomic E-state index is 0.0492. The summed E-state index contributed by atoms with van der Waals surface area (Å²) < 4.78 is 0. The van der Waals surface area contributed by atoms with Gasteiger partial charge in [0.2, 0.25) is 0 Å². The highest BCUT2D eigenvalue weighted by molar-refractivity contribution is 6.00. The van der Waals surface area contributed by atoms with Crippen LogP contribution >= 0.6 is 0 Å². The molecule has 1 aliphatic carbocycles. The summed E-state index contributed by atoms with van der Waals surface area (Å²) in [6.07, 6.45) is 10.8. The first-order valence-corrected chi connectivity index (χ1v) is 6.97. The summed E-state index contributed by atoms with van der Waals surface area (Å²) in [7, 11) is 3.68. The van der Waals surface area contributed by atoms with Crippen LogP contribution < -0.4 is 0 Å². The van der Waals surface area contributed by atoms with Crippen LogP contribution in [0.4, 0.5) is 0 Å². The first kappa shape index (κ1) is 14.8. The number of Topliss-reactive ketones (excluding diaryl/α,β-unsaturated/α-hetero) is 1. The van der Waals surface area contributed by atoms with Crippen molar-refractivity contribution < 1.29 is 4.79 Å². The van der Waals surface area contributed by atoms with E-state index in [1.54, 1.807) is 11.1 Å². The molecular weight excluding hydrogens is 224 g/mol. The first-order valence-electron chi connectivity index (χ1n) is 6.97. The van der Waals surface area contributed by atoms with E-state index in [-0.39, 0.29) is 11.7 Å². The molecular formula is C15H24N2O. The Labute approximate surface area is 110 Å². The molecule has 0 aromatic heterocycles. The second-order valence-corrected chi connectivity index (χ2v) is 5.38. The van der Waals surface area contributed by atoms with Crippen molar-refractivity contribution in [3.8, 4) is 6.07 Å². The first-order chi connectivity index (χ1) is 8.65. The maximum atomic E-state index is 12.3. The van der Waals surface area contributed by atoms with Crippen LogP contribution in [0.1, 0.15) is 51.4 Å². The predicted molar refractivity (Wildman–Crippen MR) is 72.8 cm³/mol. The number of nitriles is 1. The number of carbonyl (C=O) groups excluding carboxylic acids is 1. The molecule has 0 heterocycles. The van der Waals surface area contributed by atoms with Crippen molar-refractivity contribution in [1.82, 2.24) is 4.90 Å². The maximum absolute atomic E-state index is 12.3. The fraction of sp³-hybridized carbons (Fsp3) is 0.733. The number of carbonyl (C=O) groups is 1. The van der Waals surface area contributed by atoms with Gasteiger partial charge in [0.25, 0.3) is 0 Å². The van der Waals surface area contributed by atoms with Crippen LogP contribution in [0.25, 0.3) is 0 Å². The Morgan fingerprint density at radius 3 is 2.06 bits per heavy atom. The Bertz CT molecular complexity index is 329. The second-order valence-electron chi connectivity index (χ2n) is 5.38. The third-order valence-electron chi connectivity index (χ3n) is 3.50. The average Bonchev–Trinajstić information content (AvgIpc) is 2.48. The van der Waals surface area contributed by atoms with Gasteiger partial charge in [0.15, 0.2) is 5.78 Å². The molecule has 0 N–H and O–H groups in total. The Morgan fingerprint density at radius 1 is 1.11 bits per heavy atom. The van der Waals surface area contributed by atoms with E-state index in [2.05, 4.69) is 6.07 Å². The van der Waals surface area contributed by atoms with Crippen molar-refractivity contribution in [2.24, 2.45) is 5.92 Å². The minimum absolute atomic E-state index is 0.0492. The lowest BCUT2D eigenvalue weighted by molar-refractivity contribution is -0.119. The van der Waals surface area contributed by atoms with Crippen molar-refractivity contribution in [2.45, 2.75) is 51.4 Å². The quantitative estimate of drug-likeness (QED) is 0.568. The molecule has 100 valence electrons. The zero-order valence-electron chi connectivity index (χ0n) is 11.6. The molecule has 0 bridgehead atoms. The monoisotopic (exact) mass is 248 g/mol. The van der Waals surface area contributed by atoms with Crippen molar-refractivity contribution >= 4 is 5.78 Å². The number of rotatable bonds is 3. The Morgan fingerprint density at radius 2 is 1.61 bits per heavy atom. The van der Waals surface area contributed by atoms with E-state index in [9.17, 15) is 4.79 Å². The van der Waals surface area contributed by atoms with Gasteiger partial charge in [-0.05, 0) is 12.8 Å². The topological polar surface area (TPSA) is 44.1 Å². The summed E-state index contributed by atoms with van der Waals surface area (Å²) in [5.74, 6) is 0.113. The zero-order valence-corrected chi connectivity index (χ0v) is 11.6. The fourth-order valence-electron chi connectivity index (χ4n) is 2.52. The highest BCUT2D eigenvalue weighted by Gasteiger charge is 2.22. The molecule has 1 saturated carbocycles. The third kappa shape index (κ3) is 4.91. The van der Waals surface area contributed by atoms with E-state index in [1.165, 1.54) is 25.7 Å². The van der Waals surface area contributed by atoms with Gasteiger partial charge < -0.3 is 4.90 Å². The van der Waals surface area contributed by atoms with Gasteiger partial charge in [0, 0.05) is 26.2 Å². The molecule has 0 aromatic carbocycles. The SMILES string of the molecule is CN(C)/C=C(\C#N)C(=O)C1CCCCCCCC1. The van der Waals surface area contributed by atoms with E-state index in [0.29, 0.717) is 5.57 Å². The Balaban J connectivity index is 2.69. The van der Waals surface area contributed by atoms with Gasteiger partial charge in [0.1, 0.15) is 11.6 Å². The molecule has 0 atom stereocenters. The summed E-state index contributed by atoms with van der Waals surface area (Å²) in [5.41, 5.74) is 0.309. The molecule has 18 heavy (non-hydrogen) atoms. The van der Waals surface area contributed by atoms with Gasteiger partial charge in [-0.2, -0.15) is 5.26 Å². The maximum Gasteiger partial charge on any atom is 0.177 e. The predicted octanol–water partition coefficient (Wildman–Crippen LogP) is 3.28. The van der Waals surface area contributed by atoms with Crippen molar-refractivity contribution in [2.75, 3.05) is 14.1 Å². The lowest BCUT2D eigenvalue weighted by atomic mass is 9.89. The fourth-order valence-corrected chi connectivity index (χ4v) is 2.52. The molecule has 1 fully saturated rings. The van der Waals surface area contributed by atoms with Crippen LogP contribution in [0.15, 0.2) is 11.8 Å². The van der Waals surface area contributed by atoms with Crippen LogP contribution in [-0.2, 0) is 4.79 Å². The van der Waals surface area contributed by atoms with E-state index in [0.717, 1.165) is 25.7 Å². The molecule has 0 spiro atoms. The number of ketones is 1. The lowest BCUT2D eigenvalue weighted by Gasteiger charge is -2.15. The smallest absolute Gasteiger partial charge is 0.177 e. The lowest BCUT2D eigenvalue weighted by Crippen LogP contribution is -2.18. The van der Waals surface area contributed by atoms with Gasteiger partial charge in [-0.25, -0.2) is 0 Å². The van der Waals surface area contributed by atoms with Crippen molar-refractivity contribution in [3.63, 3.8) is 0 Å². The number of nitrogens with zero attached hydrogens (tertiary/aromatic N) is 2. The molecule has 3 nitrogen and oxygen atoms in total. The highest BCUT2D eigenvalue weighted by atomic mass is 16.1. The molecule has 1 aliphatic rings. The molecule has 0 amide bonds. The van der Waals surface area contributed by atoms with Crippen LogP contribution in [0.5, 0.6) is 0 Å². The van der Waals surface area contributed by atoms with Crippen LogP contribution in [0.2, 0.25) is 0 Å². The number of hydrogen-bond donors (Lipinski definition) is 0. The van der Waals surface area contributed by atoms with Crippen LogP contribution in [0, 0.1) is 17.2 Å². The van der Waals surface area contributed by atoms with E-state index in [4.69, 9.17) is 5.26 Å². The summed E-state index contributed by atoms with van der Waals surface area (Å²) in [5, 5.41) is 9.09. The van der Waals surface area contributed by atoms with Gasteiger partial charge in [-0.3, -0.25) is 4.79 Å². The summed E-state index contributed by atoms with van der Waals surface area (Å²) in [6.45, 7) is 0. The van der Waals surface area contributed by atoms with Gasteiger partial charge >= 0.3 is 0 Å². The molecule has 0 aromatic rings. The van der Waals surface area contributed by atoms with Gasteiger partial charge in [0.05, 0.1) is 0 Å². The Hall–Kier alpha value is -1.30. The van der Waals surface area contributed by atoms with Crippen molar-refractivity contribution in [3.05, 3.63) is 11.8 Å². The Kier molecular flexibility index (Phi) is 6.49. The van der Waals surface area contributed by atoms with Crippen LogP contribution in [0.3, 0.4) is 0 Å². The van der Waals surface area contributed by atoms with Gasteiger partial charge in [-0.15, -0.1) is 0 Å². The summed E-state index contributed by atoms with van der Waals surface area (Å²) in [4.78, 5) is 14.1. The largest absolute Gasteiger partial charge is 0.382 e. The van der Waals surface area contributed by atoms with E-state index >= 15 is 0 Å². The molecule has 3 heteroatoms. The highest BCUT2D eigenvalue weighted by Crippen LogP contribution is 2.24. The van der Waals surface area contributed by atoms with E-state index in [1.807, 2.05) is 14.1 Å². The standard InChI is InChI=1S/C15H24N2O/c1-17(2)12-14(11-16)15(18)13-9-7-5-3-4-6-8-10-13/h12-13H,3-10H2,1-2H3/b14-12+. The normalized spacial score (nSPS) is 19.3. The van der Waals surface area contributed by atoms with Crippen molar-refractivity contribution in [1.29, 1.82) is 5.26 Å². The molecule has 1 rings (SSSR count). The molecule has 0 unspecified atom stereocenters. The summed E-state index contributed by atoms with van der Waals surface area (Å²) in [6, 6.07) is 2.05. The van der Waals surface area contributed by atoms with Crippen LogP contribution in [-0.4, -0.2) is 24.8 Å². The molecule has 0 radical (unpaired) electrons. The number of hydrogen-bond acceptors (Lipinski definition) is 3. The molecule has 0 saturated heterocycles. The van der Waals surface area contributed by atoms with E-state index < -0.39 is 0 Å². The average molecular weight is 248 g/mol. The minimum Gasteiger partial charge on any atom is -0.382 e. The second kappa shape index (κ2) is 7.92. The number of allylic oxidation sites excluding steroid dienone is 1.